The van der Waals surface area contributed by atoms with Crippen LogP contribution in [0.3, 0.4) is 0 Å². The first-order valence-electron chi connectivity index (χ1n) is 4.62. The number of thiophene rings is 1. The van der Waals surface area contributed by atoms with Crippen LogP contribution in [0, 0.1) is 0 Å². The summed E-state index contributed by atoms with van der Waals surface area (Å²) in [5, 5.41) is 2.49. The van der Waals surface area contributed by atoms with Gasteiger partial charge in [-0.1, -0.05) is 23.7 Å². The van der Waals surface area contributed by atoms with Crippen LogP contribution in [-0.4, -0.2) is 4.21 Å². The molecule has 0 spiro atoms. The standard InChI is InChI=1S/C11H10ClNOS2/c12-10-6-9(13)4-3-8(10)7-16(14)11-2-1-5-15-11/h1-6H,7,13H2. The molecule has 16 heavy (non-hydrogen) atoms. The van der Waals surface area contributed by atoms with Crippen molar-refractivity contribution in [2.24, 2.45) is 0 Å². The normalized spacial score (nSPS) is 12.6. The van der Waals surface area contributed by atoms with Crippen molar-refractivity contribution in [1.29, 1.82) is 0 Å². The fraction of sp³-hybridized carbons (Fsp3) is 0.0909. The smallest absolute Gasteiger partial charge is 0.0913 e. The molecule has 0 saturated carbocycles. The van der Waals surface area contributed by atoms with Gasteiger partial charge in [-0.3, -0.25) is 4.21 Å². The summed E-state index contributed by atoms with van der Waals surface area (Å²) in [7, 11) is -1.03. The van der Waals surface area contributed by atoms with Crippen molar-refractivity contribution in [3.63, 3.8) is 0 Å². The number of nitrogens with two attached hydrogens (primary N) is 1. The highest BCUT2D eigenvalue weighted by molar-refractivity contribution is 7.86. The van der Waals surface area contributed by atoms with Crippen molar-refractivity contribution in [2.45, 2.75) is 9.96 Å². The van der Waals surface area contributed by atoms with Crippen LogP contribution in [0.4, 0.5) is 5.69 Å². The van der Waals surface area contributed by atoms with Crippen molar-refractivity contribution in [3.8, 4) is 0 Å². The third-order valence-electron chi connectivity index (χ3n) is 2.08. The lowest BCUT2D eigenvalue weighted by Crippen LogP contribution is -1.96. The van der Waals surface area contributed by atoms with Crippen LogP contribution >= 0.6 is 22.9 Å². The van der Waals surface area contributed by atoms with Gasteiger partial charge in [0.2, 0.25) is 0 Å². The van der Waals surface area contributed by atoms with E-state index >= 15 is 0 Å². The van der Waals surface area contributed by atoms with E-state index in [1.165, 1.54) is 11.3 Å². The molecular weight excluding hydrogens is 262 g/mol. The molecule has 2 N–H and O–H groups in total. The van der Waals surface area contributed by atoms with E-state index in [4.69, 9.17) is 17.3 Å². The number of hydrogen-bond acceptors (Lipinski definition) is 3. The molecule has 0 aliphatic carbocycles. The number of anilines is 1. The van der Waals surface area contributed by atoms with Crippen LogP contribution in [0.1, 0.15) is 5.56 Å². The summed E-state index contributed by atoms with van der Waals surface area (Å²) in [6.45, 7) is 0. The Labute approximate surface area is 106 Å². The largest absolute Gasteiger partial charge is 0.399 e. The molecule has 84 valence electrons. The van der Waals surface area contributed by atoms with Gasteiger partial charge in [0.15, 0.2) is 0 Å². The summed E-state index contributed by atoms with van der Waals surface area (Å²) >= 11 is 7.52. The number of nitrogen functional groups attached to an aromatic ring is 1. The molecule has 1 aromatic heterocycles. The third-order valence-corrected chi connectivity index (χ3v) is 5.10. The van der Waals surface area contributed by atoms with E-state index in [1.54, 1.807) is 12.1 Å². The molecule has 0 saturated heterocycles. The van der Waals surface area contributed by atoms with Gasteiger partial charge in [-0.05, 0) is 29.1 Å². The second kappa shape index (κ2) is 4.99. The third kappa shape index (κ3) is 2.64. The number of hydrogen-bond donors (Lipinski definition) is 1. The lowest BCUT2D eigenvalue weighted by Gasteiger charge is -2.04. The SMILES string of the molecule is Nc1ccc(CS(=O)c2cccs2)c(Cl)c1. The van der Waals surface area contributed by atoms with Gasteiger partial charge in [-0.15, -0.1) is 11.3 Å². The van der Waals surface area contributed by atoms with E-state index in [9.17, 15) is 4.21 Å². The summed E-state index contributed by atoms with van der Waals surface area (Å²) in [5.41, 5.74) is 7.08. The van der Waals surface area contributed by atoms with Crippen molar-refractivity contribution in [2.75, 3.05) is 5.73 Å². The lowest BCUT2D eigenvalue weighted by atomic mass is 10.2. The zero-order chi connectivity index (χ0) is 11.5. The molecule has 1 atom stereocenters. The van der Waals surface area contributed by atoms with Gasteiger partial charge < -0.3 is 5.73 Å². The van der Waals surface area contributed by atoms with Crippen LogP contribution in [0.15, 0.2) is 39.9 Å². The van der Waals surface area contributed by atoms with Gasteiger partial charge in [0.05, 0.1) is 20.8 Å². The van der Waals surface area contributed by atoms with E-state index < -0.39 is 10.8 Å². The van der Waals surface area contributed by atoms with Crippen LogP contribution in [0.5, 0.6) is 0 Å². The summed E-state index contributed by atoms with van der Waals surface area (Å²) in [4.78, 5) is 0. The van der Waals surface area contributed by atoms with Crippen LogP contribution in [0.25, 0.3) is 0 Å². The van der Waals surface area contributed by atoms with Crippen LogP contribution in [-0.2, 0) is 16.6 Å². The molecule has 0 aliphatic rings. The van der Waals surface area contributed by atoms with Gasteiger partial charge >= 0.3 is 0 Å². The van der Waals surface area contributed by atoms with Gasteiger partial charge in [0.1, 0.15) is 0 Å². The minimum atomic E-state index is -1.03. The summed E-state index contributed by atoms with van der Waals surface area (Å²) < 4.78 is 12.8. The minimum absolute atomic E-state index is 0.430. The fourth-order valence-corrected chi connectivity index (χ4v) is 3.75. The molecule has 1 aromatic carbocycles. The van der Waals surface area contributed by atoms with Crippen molar-refractivity contribution in [1.82, 2.24) is 0 Å². The van der Waals surface area contributed by atoms with Gasteiger partial charge in [0.25, 0.3) is 0 Å². The maximum Gasteiger partial charge on any atom is 0.0913 e. The van der Waals surface area contributed by atoms with E-state index in [0.717, 1.165) is 9.77 Å². The lowest BCUT2D eigenvalue weighted by molar-refractivity contribution is 0.684. The highest BCUT2D eigenvalue weighted by atomic mass is 35.5. The first-order valence-corrected chi connectivity index (χ1v) is 7.20. The Morgan fingerprint density at radius 1 is 1.38 bits per heavy atom. The average molecular weight is 272 g/mol. The Morgan fingerprint density at radius 2 is 2.19 bits per heavy atom. The maximum atomic E-state index is 11.9. The van der Waals surface area contributed by atoms with Gasteiger partial charge in [-0.25, -0.2) is 0 Å². The van der Waals surface area contributed by atoms with Gasteiger partial charge in [-0.2, -0.15) is 0 Å². The van der Waals surface area contributed by atoms with E-state index in [2.05, 4.69) is 0 Å². The molecule has 0 aliphatic heterocycles. The zero-order valence-electron chi connectivity index (χ0n) is 8.35. The number of rotatable bonds is 3. The predicted molar refractivity (Wildman–Crippen MR) is 70.3 cm³/mol. The minimum Gasteiger partial charge on any atom is -0.399 e. The maximum absolute atomic E-state index is 11.9. The Morgan fingerprint density at radius 3 is 2.81 bits per heavy atom. The van der Waals surface area contributed by atoms with Crippen molar-refractivity contribution >= 4 is 39.4 Å². The highest BCUT2D eigenvalue weighted by Gasteiger charge is 2.08. The molecule has 1 heterocycles. The van der Waals surface area contributed by atoms with Gasteiger partial charge in [0, 0.05) is 10.7 Å². The highest BCUT2D eigenvalue weighted by Crippen LogP contribution is 2.23. The second-order valence-corrected chi connectivity index (χ2v) is 6.31. The molecule has 0 radical (unpaired) electrons. The number of benzene rings is 1. The van der Waals surface area contributed by atoms with Crippen molar-refractivity contribution < 1.29 is 4.21 Å². The zero-order valence-corrected chi connectivity index (χ0v) is 10.7. The topological polar surface area (TPSA) is 43.1 Å². The van der Waals surface area contributed by atoms with E-state index in [1.807, 2.05) is 23.6 Å². The monoisotopic (exact) mass is 271 g/mol. The van der Waals surface area contributed by atoms with E-state index in [-0.39, 0.29) is 0 Å². The first kappa shape index (κ1) is 11.6. The molecule has 0 fully saturated rings. The molecule has 1 unspecified atom stereocenters. The Hall–Kier alpha value is -0.840. The Bertz CT molecular complexity index is 511. The molecule has 2 aromatic rings. The van der Waals surface area contributed by atoms with Crippen molar-refractivity contribution in [3.05, 3.63) is 46.3 Å². The number of halogens is 1. The quantitative estimate of drug-likeness (QED) is 0.871. The molecule has 2 rings (SSSR count). The summed E-state index contributed by atoms with van der Waals surface area (Å²) in [5.74, 6) is 0.430. The molecular formula is C11H10ClNOS2. The molecule has 5 heteroatoms. The van der Waals surface area contributed by atoms with Crippen LogP contribution in [0.2, 0.25) is 5.02 Å². The predicted octanol–water partition coefficient (Wildman–Crippen LogP) is 3.29. The Balaban J connectivity index is 2.18. The average Bonchev–Trinajstić information content (AvgIpc) is 2.75. The summed E-state index contributed by atoms with van der Waals surface area (Å²) in [6, 6.07) is 9.03. The fourth-order valence-electron chi connectivity index (χ4n) is 1.29. The molecule has 0 bridgehead atoms. The Kier molecular flexibility index (Phi) is 3.63. The second-order valence-electron chi connectivity index (χ2n) is 3.27. The van der Waals surface area contributed by atoms with E-state index in [0.29, 0.717) is 16.5 Å². The molecule has 0 amide bonds. The summed E-state index contributed by atoms with van der Waals surface area (Å²) in [6.07, 6.45) is 0. The van der Waals surface area contributed by atoms with Crippen LogP contribution < -0.4 is 5.73 Å². The first-order chi connectivity index (χ1) is 7.66. The molecule has 2 nitrogen and oxygen atoms in total.